The van der Waals surface area contributed by atoms with Gasteiger partial charge in [0.1, 0.15) is 12.4 Å². The van der Waals surface area contributed by atoms with Crippen LogP contribution < -0.4 is 14.4 Å². The van der Waals surface area contributed by atoms with E-state index in [0.29, 0.717) is 24.4 Å². The minimum Gasteiger partial charge on any atom is -0.491 e. The van der Waals surface area contributed by atoms with Crippen molar-refractivity contribution in [3.8, 4) is 5.75 Å². The number of hydrogen-bond donors (Lipinski definition) is 1. The van der Waals surface area contributed by atoms with Crippen molar-refractivity contribution in [3.05, 3.63) is 92.1 Å². The molecular weight excluding hydrogens is 563 g/mol. The summed E-state index contributed by atoms with van der Waals surface area (Å²) in [5.74, 6) is 0.604. The summed E-state index contributed by atoms with van der Waals surface area (Å²) < 4.78 is 33.2. The summed E-state index contributed by atoms with van der Waals surface area (Å²) in [6.07, 6.45) is 1.20. The van der Waals surface area contributed by atoms with Gasteiger partial charge in [-0.15, -0.1) is 0 Å². The first-order valence-corrected chi connectivity index (χ1v) is 13.8. The van der Waals surface area contributed by atoms with Crippen molar-refractivity contribution < 1.29 is 17.9 Å². The summed E-state index contributed by atoms with van der Waals surface area (Å²) in [7, 11) is -3.48. The van der Waals surface area contributed by atoms with E-state index >= 15 is 0 Å². The van der Waals surface area contributed by atoms with E-state index in [-0.39, 0.29) is 12.5 Å². The molecule has 0 aromatic heterocycles. The lowest BCUT2D eigenvalue weighted by molar-refractivity contribution is 0.0947. The van der Waals surface area contributed by atoms with E-state index in [9.17, 15) is 13.2 Å². The molecule has 0 aliphatic heterocycles. The lowest BCUT2D eigenvalue weighted by Gasteiger charge is -2.24. The van der Waals surface area contributed by atoms with Gasteiger partial charge in [-0.05, 0) is 96.5 Å². The zero-order valence-corrected chi connectivity index (χ0v) is 22.7. The SMILES string of the molecule is Cc1ccc(OCCNC(=O)c2ccc(CN(c3ccc(I)cc3C)S(C)(=O)=O)cc2)c(C)c1. The predicted molar refractivity (Wildman–Crippen MR) is 145 cm³/mol. The number of nitrogens with zero attached hydrogens (tertiary/aromatic N) is 1. The molecule has 0 heterocycles. The van der Waals surface area contributed by atoms with Gasteiger partial charge in [0.05, 0.1) is 25.0 Å². The fraction of sp³-hybridized carbons (Fsp3) is 0.269. The average molecular weight is 592 g/mol. The van der Waals surface area contributed by atoms with Crippen molar-refractivity contribution in [2.24, 2.45) is 0 Å². The fourth-order valence-electron chi connectivity index (χ4n) is 3.60. The van der Waals surface area contributed by atoms with Crippen LogP contribution in [0.3, 0.4) is 0 Å². The van der Waals surface area contributed by atoms with E-state index in [4.69, 9.17) is 4.74 Å². The highest BCUT2D eigenvalue weighted by molar-refractivity contribution is 14.1. The van der Waals surface area contributed by atoms with Gasteiger partial charge in [0, 0.05) is 9.13 Å². The molecule has 0 saturated heterocycles. The molecule has 3 aromatic carbocycles. The number of benzene rings is 3. The summed E-state index contributed by atoms with van der Waals surface area (Å²) in [5, 5.41) is 2.85. The number of anilines is 1. The third kappa shape index (κ3) is 6.96. The Morgan fingerprint density at radius 1 is 0.971 bits per heavy atom. The molecule has 0 unspecified atom stereocenters. The van der Waals surface area contributed by atoms with Crippen LogP contribution >= 0.6 is 22.6 Å². The third-order valence-electron chi connectivity index (χ3n) is 5.35. The van der Waals surface area contributed by atoms with Crippen molar-refractivity contribution >= 4 is 44.2 Å². The molecule has 0 atom stereocenters. The van der Waals surface area contributed by atoms with Gasteiger partial charge in [0.25, 0.3) is 5.91 Å². The van der Waals surface area contributed by atoms with Gasteiger partial charge >= 0.3 is 0 Å². The molecule has 3 aromatic rings. The van der Waals surface area contributed by atoms with Gasteiger partial charge in [-0.25, -0.2) is 8.42 Å². The van der Waals surface area contributed by atoms with E-state index in [0.717, 1.165) is 26.0 Å². The van der Waals surface area contributed by atoms with Crippen LogP contribution in [-0.4, -0.2) is 33.7 Å². The average Bonchev–Trinajstić information content (AvgIpc) is 2.76. The minimum absolute atomic E-state index is 0.186. The Morgan fingerprint density at radius 3 is 2.29 bits per heavy atom. The van der Waals surface area contributed by atoms with Crippen LogP contribution in [0.15, 0.2) is 60.7 Å². The molecule has 0 aliphatic rings. The Balaban J connectivity index is 1.60. The summed E-state index contributed by atoms with van der Waals surface area (Å²) >= 11 is 2.20. The summed E-state index contributed by atoms with van der Waals surface area (Å²) in [6.45, 7) is 6.85. The molecule has 0 aliphatic carbocycles. The zero-order valence-electron chi connectivity index (χ0n) is 19.8. The molecule has 3 rings (SSSR count). The molecular formula is C26H29IN2O4S. The molecule has 0 spiro atoms. The molecule has 34 heavy (non-hydrogen) atoms. The summed E-state index contributed by atoms with van der Waals surface area (Å²) in [5.41, 5.74) is 5.06. The van der Waals surface area contributed by atoms with E-state index in [2.05, 4.69) is 34.0 Å². The Morgan fingerprint density at radius 2 is 1.68 bits per heavy atom. The second kappa shape index (κ2) is 11.2. The van der Waals surface area contributed by atoms with Crippen molar-refractivity contribution in [2.75, 3.05) is 23.7 Å². The van der Waals surface area contributed by atoms with E-state index in [1.807, 2.05) is 51.1 Å². The lowest BCUT2D eigenvalue weighted by Crippen LogP contribution is -2.30. The number of amides is 1. The molecule has 6 nitrogen and oxygen atoms in total. The van der Waals surface area contributed by atoms with Crippen LogP contribution in [0.5, 0.6) is 5.75 Å². The standard InChI is InChI=1S/C26H29IN2O4S/c1-18-5-12-25(20(3)15-18)33-14-13-28-26(30)22-8-6-21(7-9-22)17-29(34(4,31)32)24-11-10-23(27)16-19(24)2/h5-12,15-16H,13-14,17H2,1-4H3,(H,28,30). The highest BCUT2D eigenvalue weighted by Crippen LogP contribution is 2.26. The lowest BCUT2D eigenvalue weighted by atomic mass is 10.1. The Kier molecular flexibility index (Phi) is 8.59. The topological polar surface area (TPSA) is 75.7 Å². The summed E-state index contributed by atoms with van der Waals surface area (Å²) in [4.78, 5) is 12.5. The summed E-state index contributed by atoms with van der Waals surface area (Å²) in [6, 6.07) is 18.6. The molecule has 0 saturated carbocycles. The maximum Gasteiger partial charge on any atom is 0.251 e. The van der Waals surface area contributed by atoms with Gasteiger partial charge in [-0.2, -0.15) is 0 Å². The van der Waals surface area contributed by atoms with E-state index in [1.54, 1.807) is 24.3 Å². The normalized spacial score (nSPS) is 11.2. The Labute approximate surface area is 215 Å². The molecule has 0 bridgehead atoms. The van der Waals surface area contributed by atoms with Crippen molar-refractivity contribution in [3.63, 3.8) is 0 Å². The number of aryl methyl sites for hydroxylation is 3. The van der Waals surface area contributed by atoms with Crippen molar-refractivity contribution in [1.82, 2.24) is 5.32 Å². The van der Waals surface area contributed by atoms with Crippen molar-refractivity contribution in [1.29, 1.82) is 0 Å². The maximum atomic E-state index is 12.5. The molecule has 180 valence electrons. The van der Waals surface area contributed by atoms with Gasteiger partial charge in [0.15, 0.2) is 0 Å². The zero-order chi connectivity index (χ0) is 24.9. The first kappa shape index (κ1) is 26.0. The van der Waals surface area contributed by atoms with Gasteiger partial charge in [-0.1, -0.05) is 29.8 Å². The number of ether oxygens (including phenoxy) is 1. The smallest absolute Gasteiger partial charge is 0.251 e. The second-order valence-corrected chi connectivity index (χ2v) is 11.4. The van der Waals surface area contributed by atoms with Crippen LogP contribution in [0.25, 0.3) is 0 Å². The number of nitrogens with one attached hydrogen (secondary N) is 1. The molecule has 1 amide bonds. The molecule has 1 N–H and O–H groups in total. The number of halogens is 1. The van der Waals surface area contributed by atoms with Gasteiger partial charge < -0.3 is 10.1 Å². The first-order chi connectivity index (χ1) is 16.0. The highest BCUT2D eigenvalue weighted by Gasteiger charge is 2.20. The second-order valence-electron chi connectivity index (χ2n) is 8.27. The number of sulfonamides is 1. The third-order valence-corrected chi connectivity index (χ3v) is 7.14. The van der Waals surface area contributed by atoms with Crippen LogP contribution in [0, 0.1) is 24.3 Å². The molecule has 0 fully saturated rings. The molecule has 0 radical (unpaired) electrons. The Bertz CT molecular complexity index is 1270. The number of carbonyl (C=O) groups is 1. The number of carbonyl (C=O) groups excluding carboxylic acids is 1. The van der Waals surface area contributed by atoms with E-state index in [1.165, 1.54) is 16.1 Å². The molecule has 8 heteroatoms. The fourth-order valence-corrected chi connectivity index (χ4v) is 5.19. The van der Waals surface area contributed by atoms with Crippen LogP contribution in [0.1, 0.15) is 32.6 Å². The predicted octanol–water partition coefficient (Wildman–Crippen LogP) is 4.99. The number of rotatable bonds is 9. The van der Waals surface area contributed by atoms with Crippen molar-refractivity contribution in [2.45, 2.75) is 27.3 Å². The van der Waals surface area contributed by atoms with Crippen LogP contribution in [0.4, 0.5) is 5.69 Å². The monoisotopic (exact) mass is 592 g/mol. The van der Waals surface area contributed by atoms with Gasteiger partial charge in [0.2, 0.25) is 10.0 Å². The quantitative estimate of drug-likeness (QED) is 0.281. The minimum atomic E-state index is -3.48. The van der Waals surface area contributed by atoms with E-state index < -0.39 is 10.0 Å². The first-order valence-electron chi connectivity index (χ1n) is 10.9. The highest BCUT2D eigenvalue weighted by atomic mass is 127. The number of hydrogen-bond acceptors (Lipinski definition) is 4. The van der Waals surface area contributed by atoms with Gasteiger partial charge in [-0.3, -0.25) is 9.10 Å². The van der Waals surface area contributed by atoms with Crippen LogP contribution in [-0.2, 0) is 16.6 Å². The Hall–Kier alpha value is -2.59. The maximum absolute atomic E-state index is 12.5. The largest absolute Gasteiger partial charge is 0.491 e. The van der Waals surface area contributed by atoms with Crippen LogP contribution in [0.2, 0.25) is 0 Å².